The second kappa shape index (κ2) is 7.76. The molecule has 1 aliphatic rings. The molecule has 1 fully saturated rings. The Balaban J connectivity index is 1.86. The minimum Gasteiger partial charge on any atom is -0.480 e. The Morgan fingerprint density at radius 1 is 1.12 bits per heavy atom. The monoisotopic (exact) mass is 342 g/mol. The molecule has 1 saturated heterocycles. The number of carboxylic acids is 1. The first-order chi connectivity index (χ1) is 12.0. The highest BCUT2D eigenvalue weighted by Crippen LogP contribution is 2.30. The van der Waals surface area contributed by atoms with Gasteiger partial charge in [-0.25, -0.2) is 4.39 Å². The van der Waals surface area contributed by atoms with Gasteiger partial charge in [0.25, 0.3) is 0 Å². The standard InChI is InChI=1S/C20H23FN2O2/c1-15-13-23(12-11-22(15)14-19(24)25)20(16-5-3-2-4-6-16)17-7-9-18(21)10-8-17/h2-10,15,20H,11-14H2,1H3,(H,24,25). The smallest absolute Gasteiger partial charge is 0.317 e. The number of nitrogens with zero attached hydrogens (tertiary/aromatic N) is 2. The molecule has 0 aromatic heterocycles. The SMILES string of the molecule is CC1CN(C(c2ccccc2)c2ccc(F)cc2)CCN1CC(=O)O. The zero-order valence-electron chi connectivity index (χ0n) is 14.3. The summed E-state index contributed by atoms with van der Waals surface area (Å²) in [6.45, 7) is 4.38. The fourth-order valence-electron chi connectivity index (χ4n) is 3.56. The number of aliphatic carboxylic acids is 1. The van der Waals surface area contributed by atoms with Crippen molar-refractivity contribution in [1.82, 2.24) is 9.80 Å². The van der Waals surface area contributed by atoms with Gasteiger partial charge in [0, 0.05) is 25.7 Å². The van der Waals surface area contributed by atoms with E-state index in [1.807, 2.05) is 35.2 Å². The highest BCUT2D eigenvalue weighted by molar-refractivity contribution is 5.69. The van der Waals surface area contributed by atoms with E-state index in [9.17, 15) is 9.18 Å². The molecule has 1 aliphatic heterocycles. The summed E-state index contributed by atoms with van der Waals surface area (Å²) < 4.78 is 13.4. The first-order valence-electron chi connectivity index (χ1n) is 8.55. The zero-order chi connectivity index (χ0) is 17.8. The minimum absolute atomic E-state index is 0.0382. The predicted octanol–water partition coefficient (Wildman–Crippen LogP) is 3.01. The van der Waals surface area contributed by atoms with E-state index in [1.165, 1.54) is 12.1 Å². The fourth-order valence-corrected chi connectivity index (χ4v) is 3.56. The van der Waals surface area contributed by atoms with Crippen LogP contribution in [0.5, 0.6) is 0 Å². The topological polar surface area (TPSA) is 43.8 Å². The molecule has 5 heteroatoms. The van der Waals surface area contributed by atoms with E-state index in [0.29, 0.717) is 6.54 Å². The Morgan fingerprint density at radius 2 is 1.76 bits per heavy atom. The van der Waals surface area contributed by atoms with E-state index in [2.05, 4.69) is 24.0 Å². The van der Waals surface area contributed by atoms with Gasteiger partial charge in [0.2, 0.25) is 0 Å². The van der Waals surface area contributed by atoms with E-state index in [0.717, 1.165) is 24.2 Å². The van der Waals surface area contributed by atoms with Crippen molar-refractivity contribution in [2.75, 3.05) is 26.2 Å². The van der Waals surface area contributed by atoms with Gasteiger partial charge in [-0.3, -0.25) is 14.6 Å². The molecular formula is C20H23FN2O2. The van der Waals surface area contributed by atoms with Crippen LogP contribution in [0.25, 0.3) is 0 Å². The van der Waals surface area contributed by atoms with Crippen molar-refractivity contribution in [1.29, 1.82) is 0 Å². The van der Waals surface area contributed by atoms with Gasteiger partial charge in [0.05, 0.1) is 12.6 Å². The zero-order valence-corrected chi connectivity index (χ0v) is 14.3. The number of hydrogen-bond donors (Lipinski definition) is 1. The molecule has 0 saturated carbocycles. The van der Waals surface area contributed by atoms with E-state index < -0.39 is 5.97 Å². The van der Waals surface area contributed by atoms with Crippen LogP contribution < -0.4 is 0 Å². The quantitative estimate of drug-likeness (QED) is 0.907. The van der Waals surface area contributed by atoms with Crippen molar-refractivity contribution in [2.45, 2.75) is 19.0 Å². The predicted molar refractivity (Wildman–Crippen MR) is 94.9 cm³/mol. The van der Waals surface area contributed by atoms with Crippen LogP contribution in [-0.4, -0.2) is 53.1 Å². The Labute approximate surface area is 147 Å². The molecule has 2 aromatic rings. The lowest BCUT2D eigenvalue weighted by Crippen LogP contribution is -2.54. The molecule has 25 heavy (non-hydrogen) atoms. The molecule has 2 aromatic carbocycles. The molecule has 3 rings (SSSR count). The molecule has 0 aliphatic carbocycles. The average Bonchev–Trinajstić information content (AvgIpc) is 2.60. The molecule has 0 spiro atoms. The van der Waals surface area contributed by atoms with Gasteiger partial charge in [0.15, 0.2) is 0 Å². The summed E-state index contributed by atoms with van der Waals surface area (Å²) in [4.78, 5) is 15.4. The molecule has 0 radical (unpaired) electrons. The second-order valence-corrected chi connectivity index (χ2v) is 6.57. The molecule has 1 heterocycles. The summed E-state index contributed by atoms with van der Waals surface area (Å²) in [5, 5.41) is 9.05. The Hall–Kier alpha value is -2.24. The normalized spacial score (nSPS) is 20.3. The Bertz CT molecular complexity index is 705. The third-order valence-electron chi connectivity index (χ3n) is 4.80. The summed E-state index contributed by atoms with van der Waals surface area (Å²) in [5.41, 5.74) is 2.21. The lowest BCUT2D eigenvalue weighted by atomic mass is 9.95. The minimum atomic E-state index is -0.793. The lowest BCUT2D eigenvalue weighted by Gasteiger charge is -2.43. The third kappa shape index (κ3) is 4.24. The maximum atomic E-state index is 13.4. The lowest BCUT2D eigenvalue weighted by molar-refractivity contribution is -0.139. The van der Waals surface area contributed by atoms with Crippen LogP contribution in [0.1, 0.15) is 24.1 Å². The molecule has 0 amide bonds. The third-order valence-corrected chi connectivity index (χ3v) is 4.80. The van der Waals surface area contributed by atoms with Crippen LogP contribution in [0, 0.1) is 5.82 Å². The maximum absolute atomic E-state index is 13.4. The summed E-state index contributed by atoms with van der Waals surface area (Å²) in [6, 6.07) is 17.0. The van der Waals surface area contributed by atoms with E-state index >= 15 is 0 Å². The van der Waals surface area contributed by atoms with E-state index in [-0.39, 0.29) is 24.4 Å². The number of hydrogen-bond acceptors (Lipinski definition) is 3. The van der Waals surface area contributed by atoms with Crippen molar-refractivity contribution in [3.63, 3.8) is 0 Å². The molecule has 132 valence electrons. The van der Waals surface area contributed by atoms with Crippen molar-refractivity contribution >= 4 is 5.97 Å². The number of carbonyl (C=O) groups is 1. The fraction of sp³-hybridized carbons (Fsp3) is 0.350. The van der Waals surface area contributed by atoms with Crippen molar-refractivity contribution in [3.05, 3.63) is 71.5 Å². The molecule has 2 atom stereocenters. The Kier molecular flexibility index (Phi) is 5.46. The average molecular weight is 342 g/mol. The van der Waals surface area contributed by atoms with Crippen LogP contribution >= 0.6 is 0 Å². The molecular weight excluding hydrogens is 319 g/mol. The van der Waals surface area contributed by atoms with Crippen molar-refractivity contribution < 1.29 is 14.3 Å². The van der Waals surface area contributed by atoms with Crippen LogP contribution in [-0.2, 0) is 4.79 Å². The second-order valence-electron chi connectivity index (χ2n) is 6.57. The van der Waals surface area contributed by atoms with Crippen molar-refractivity contribution in [3.8, 4) is 0 Å². The van der Waals surface area contributed by atoms with Crippen LogP contribution in [0.2, 0.25) is 0 Å². The van der Waals surface area contributed by atoms with Gasteiger partial charge < -0.3 is 5.11 Å². The summed E-state index contributed by atoms with van der Waals surface area (Å²) in [6.07, 6.45) is 0. The largest absolute Gasteiger partial charge is 0.480 e. The highest BCUT2D eigenvalue weighted by Gasteiger charge is 2.30. The summed E-state index contributed by atoms with van der Waals surface area (Å²) in [7, 11) is 0. The number of rotatable bonds is 5. The molecule has 1 N–H and O–H groups in total. The van der Waals surface area contributed by atoms with Crippen molar-refractivity contribution in [2.24, 2.45) is 0 Å². The van der Waals surface area contributed by atoms with Crippen LogP contribution in [0.4, 0.5) is 4.39 Å². The van der Waals surface area contributed by atoms with E-state index in [1.54, 1.807) is 0 Å². The van der Waals surface area contributed by atoms with Crippen LogP contribution in [0.15, 0.2) is 54.6 Å². The van der Waals surface area contributed by atoms with Gasteiger partial charge in [-0.15, -0.1) is 0 Å². The van der Waals surface area contributed by atoms with Gasteiger partial charge in [-0.1, -0.05) is 42.5 Å². The van der Waals surface area contributed by atoms with Gasteiger partial charge in [0.1, 0.15) is 5.82 Å². The molecule has 4 nitrogen and oxygen atoms in total. The van der Waals surface area contributed by atoms with E-state index in [4.69, 9.17) is 5.11 Å². The summed E-state index contributed by atoms with van der Waals surface area (Å²) in [5.74, 6) is -1.03. The molecule has 2 unspecified atom stereocenters. The first-order valence-corrected chi connectivity index (χ1v) is 8.55. The number of benzene rings is 2. The van der Waals surface area contributed by atoms with Gasteiger partial charge in [-0.2, -0.15) is 0 Å². The highest BCUT2D eigenvalue weighted by atomic mass is 19.1. The van der Waals surface area contributed by atoms with Gasteiger partial charge >= 0.3 is 5.97 Å². The Morgan fingerprint density at radius 3 is 2.36 bits per heavy atom. The molecule has 0 bridgehead atoms. The number of carboxylic acid groups (broad SMARTS) is 1. The first kappa shape index (κ1) is 17.6. The van der Waals surface area contributed by atoms with Crippen LogP contribution in [0.3, 0.4) is 0 Å². The number of piperazine rings is 1. The van der Waals surface area contributed by atoms with Gasteiger partial charge in [-0.05, 0) is 30.2 Å². The number of halogens is 1. The maximum Gasteiger partial charge on any atom is 0.317 e. The summed E-state index contributed by atoms with van der Waals surface area (Å²) >= 11 is 0.